The molecular weight excluding hydrogens is 212 g/mol. The highest BCUT2D eigenvalue weighted by molar-refractivity contribution is 5.78. The standard InChI is InChI=1S/C14H22N2O/c1-11(16-13(17)10-15)9-14(2,3)12-7-5-4-6-8-12/h4-8,11H,9-10,15H2,1-3H3,(H,16,17). The van der Waals surface area contributed by atoms with E-state index in [0.717, 1.165) is 6.42 Å². The van der Waals surface area contributed by atoms with Gasteiger partial charge in [0.25, 0.3) is 0 Å². The van der Waals surface area contributed by atoms with E-state index in [4.69, 9.17) is 5.73 Å². The fourth-order valence-electron chi connectivity index (χ4n) is 2.16. The molecule has 0 spiro atoms. The Kier molecular flexibility index (Phi) is 4.70. The van der Waals surface area contributed by atoms with Crippen molar-refractivity contribution in [3.8, 4) is 0 Å². The van der Waals surface area contributed by atoms with E-state index in [1.165, 1.54) is 5.56 Å². The van der Waals surface area contributed by atoms with Crippen molar-refractivity contribution in [3.05, 3.63) is 35.9 Å². The van der Waals surface area contributed by atoms with Crippen LogP contribution in [0.5, 0.6) is 0 Å². The van der Waals surface area contributed by atoms with Crippen LogP contribution in [0.25, 0.3) is 0 Å². The number of hydrogen-bond acceptors (Lipinski definition) is 2. The third-order valence-corrected chi connectivity index (χ3v) is 2.96. The molecule has 1 aromatic rings. The summed E-state index contributed by atoms with van der Waals surface area (Å²) in [5, 5.41) is 2.89. The number of hydrogen-bond donors (Lipinski definition) is 2. The molecule has 0 fully saturated rings. The highest BCUT2D eigenvalue weighted by Gasteiger charge is 2.23. The SMILES string of the molecule is CC(CC(C)(C)c1ccccc1)NC(=O)CN. The van der Waals surface area contributed by atoms with E-state index in [2.05, 4.69) is 31.3 Å². The number of nitrogens with two attached hydrogens (primary N) is 1. The molecule has 0 radical (unpaired) electrons. The Morgan fingerprint density at radius 1 is 1.35 bits per heavy atom. The second kappa shape index (κ2) is 5.82. The smallest absolute Gasteiger partial charge is 0.233 e. The molecule has 94 valence electrons. The van der Waals surface area contributed by atoms with Gasteiger partial charge in [-0.05, 0) is 24.3 Å². The normalized spacial score (nSPS) is 13.2. The lowest BCUT2D eigenvalue weighted by atomic mass is 9.79. The zero-order chi connectivity index (χ0) is 12.9. The summed E-state index contributed by atoms with van der Waals surface area (Å²) < 4.78 is 0. The summed E-state index contributed by atoms with van der Waals surface area (Å²) in [5.41, 5.74) is 6.61. The number of carbonyl (C=O) groups is 1. The maximum Gasteiger partial charge on any atom is 0.233 e. The Morgan fingerprint density at radius 2 is 1.94 bits per heavy atom. The molecule has 1 rings (SSSR count). The molecular formula is C14H22N2O. The van der Waals surface area contributed by atoms with E-state index < -0.39 is 0 Å². The third-order valence-electron chi connectivity index (χ3n) is 2.96. The highest BCUT2D eigenvalue weighted by Crippen LogP contribution is 2.27. The zero-order valence-corrected chi connectivity index (χ0v) is 10.9. The summed E-state index contributed by atoms with van der Waals surface area (Å²) in [7, 11) is 0. The van der Waals surface area contributed by atoms with Crippen molar-refractivity contribution in [1.29, 1.82) is 0 Å². The molecule has 0 saturated carbocycles. The van der Waals surface area contributed by atoms with E-state index in [9.17, 15) is 4.79 Å². The molecule has 0 aliphatic rings. The molecule has 3 nitrogen and oxygen atoms in total. The van der Waals surface area contributed by atoms with Gasteiger partial charge in [0.2, 0.25) is 5.91 Å². The summed E-state index contributed by atoms with van der Waals surface area (Å²) in [6, 6.07) is 10.5. The van der Waals surface area contributed by atoms with Gasteiger partial charge >= 0.3 is 0 Å². The van der Waals surface area contributed by atoms with Crippen LogP contribution in [0.2, 0.25) is 0 Å². The zero-order valence-electron chi connectivity index (χ0n) is 10.9. The second-order valence-corrected chi connectivity index (χ2v) is 5.13. The summed E-state index contributed by atoms with van der Waals surface area (Å²) in [5.74, 6) is -0.0960. The van der Waals surface area contributed by atoms with Crippen molar-refractivity contribution in [2.24, 2.45) is 5.73 Å². The summed E-state index contributed by atoms with van der Waals surface area (Å²) >= 11 is 0. The molecule has 0 aliphatic carbocycles. The van der Waals surface area contributed by atoms with Gasteiger partial charge in [0.05, 0.1) is 6.54 Å². The van der Waals surface area contributed by atoms with Crippen molar-refractivity contribution < 1.29 is 4.79 Å². The third kappa shape index (κ3) is 4.19. The van der Waals surface area contributed by atoms with Crippen LogP contribution in [0.4, 0.5) is 0 Å². The maximum absolute atomic E-state index is 11.2. The predicted octanol–water partition coefficient (Wildman–Crippen LogP) is 1.82. The second-order valence-electron chi connectivity index (χ2n) is 5.13. The van der Waals surface area contributed by atoms with Crippen molar-refractivity contribution in [2.75, 3.05) is 6.54 Å². The minimum absolute atomic E-state index is 0.0442. The van der Waals surface area contributed by atoms with Crippen LogP contribution in [0, 0.1) is 0 Å². The first-order valence-electron chi connectivity index (χ1n) is 6.00. The topological polar surface area (TPSA) is 55.1 Å². The molecule has 17 heavy (non-hydrogen) atoms. The molecule has 1 aromatic carbocycles. The van der Waals surface area contributed by atoms with E-state index in [0.29, 0.717) is 0 Å². The Labute approximate surface area is 103 Å². The van der Waals surface area contributed by atoms with E-state index in [-0.39, 0.29) is 23.9 Å². The van der Waals surface area contributed by atoms with Gasteiger partial charge in [-0.15, -0.1) is 0 Å². The highest BCUT2D eigenvalue weighted by atomic mass is 16.1. The Morgan fingerprint density at radius 3 is 2.47 bits per heavy atom. The quantitative estimate of drug-likeness (QED) is 0.816. The van der Waals surface area contributed by atoms with Gasteiger partial charge in [0.1, 0.15) is 0 Å². The Balaban J connectivity index is 2.63. The summed E-state index contributed by atoms with van der Waals surface area (Å²) in [4.78, 5) is 11.2. The molecule has 1 unspecified atom stereocenters. The Hall–Kier alpha value is -1.35. The van der Waals surface area contributed by atoms with Crippen LogP contribution >= 0.6 is 0 Å². The molecule has 3 heteroatoms. The first kappa shape index (κ1) is 13.7. The van der Waals surface area contributed by atoms with Crippen LogP contribution in [0.15, 0.2) is 30.3 Å². The van der Waals surface area contributed by atoms with Crippen LogP contribution in [-0.2, 0) is 10.2 Å². The lowest BCUT2D eigenvalue weighted by Gasteiger charge is -2.29. The monoisotopic (exact) mass is 234 g/mol. The van der Waals surface area contributed by atoms with Crippen LogP contribution < -0.4 is 11.1 Å². The molecule has 0 saturated heterocycles. The first-order chi connectivity index (χ1) is 7.95. The van der Waals surface area contributed by atoms with Crippen molar-refractivity contribution in [3.63, 3.8) is 0 Å². The van der Waals surface area contributed by atoms with E-state index in [1.54, 1.807) is 0 Å². The first-order valence-corrected chi connectivity index (χ1v) is 6.00. The number of benzene rings is 1. The van der Waals surface area contributed by atoms with Crippen molar-refractivity contribution in [2.45, 2.75) is 38.6 Å². The van der Waals surface area contributed by atoms with Gasteiger partial charge in [-0.2, -0.15) is 0 Å². The minimum atomic E-state index is -0.0960. The number of rotatable bonds is 5. The lowest BCUT2D eigenvalue weighted by Crippen LogP contribution is -2.40. The number of amides is 1. The van der Waals surface area contributed by atoms with Gasteiger partial charge in [0, 0.05) is 6.04 Å². The maximum atomic E-state index is 11.2. The molecule has 3 N–H and O–H groups in total. The Bertz CT molecular complexity index is 360. The molecule has 1 atom stereocenters. The molecule has 0 heterocycles. The number of nitrogens with one attached hydrogen (secondary N) is 1. The summed E-state index contributed by atoms with van der Waals surface area (Å²) in [6.07, 6.45) is 0.892. The van der Waals surface area contributed by atoms with E-state index in [1.807, 2.05) is 25.1 Å². The van der Waals surface area contributed by atoms with Gasteiger partial charge in [0.15, 0.2) is 0 Å². The fraction of sp³-hybridized carbons (Fsp3) is 0.500. The van der Waals surface area contributed by atoms with Crippen LogP contribution in [0.3, 0.4) is 0 Å². The van der Waals surface area contributed by atoms with Crippen LogP contribution in [-0.4, -0.2) is 18.5 Å². The molecule has 0 aliphatic heterocycles. The predicted molar refractivity (Wildman–Crippen MR) is 70.7 cm³/mol. The van der Waals surface area contributed by atoms with Crippen molar-refractivity contribution in [1.82, 2.24) is 5.32 Å². The van der Waals surface area contributed by atoms with E-state index >= 15 is 0 Å². The lowest BCUT2D eigenvalue weighted by molar-refractivity contribution is -0.120. The van der Waals surface area contributed by atoms with Crippen LogP contribution in [0.1, 0.15) is 32.8 Å². The van der Waals surface area contributed by atoms with Gasteiger partial charge < -0.3 is 11.1 Å². The largest absolute Gasteiger partial charge is 0.353 e. The average molecular weight is 234 g/mol. The van der Waals surface area contributed by atoms with Crippen molar-refractivity contribution >= 4 is 5.91 Å². The fourth-order valence-corrected chi connectivity index (χ4v) is 2.16. The number of carbonyl (C=O) groups excluding carboxylic acids is 1. The summed E-state index contributed by atoms with van der Waals surface area (Å²) in [6.45, 7) is 6.44. The van der Waals surface area contributed by atoms with Gasteiger partial charge in [-0.3, -0.25) is 4.79 Å². The van der Waals surface area contributed by atoms with Gasteiger partial charge in [-0.25, -0.2) is 0 Å². The minimum Gasteiger partial charge on any atom is -0.353 e. The molecule has 1 amide bonds. The van der Waals surface area contributed by atoms with Gasteiger partial charge in [-0.1, -0.05) is 44.2 Å². The molecule has 0 aromatic heterocycles. The average Bonchev–Trinajstić information content (AvgIpc) is 2.29. The molecule has 0 bridgehead atoms.